The van der Waals surface area contributed by atoms with Crippen molar-refractivity contribution in [3.63, 3.8) is 0 Å². The molecule has 0 aromatic carbocycles. The number of hydrogen-bond acceptors (Lipinski definition) is 6. The van der Waals surface area contributed by atoms with Gasteiger partial charge in [-0.05, 0) is 122 Å². The molecule has 0 saturated carbocycles. The molecule has 0 bridgehead atoms. The quantitative estimate of drug-likeness (QED) is 0.0261. The van der Waals surface area contributed by atoms with Gasteiger partial charge in [0, 0.05) is 19.3 Å². The SMILES string of the molecule is CC/C=C\C/C=C\C/C=C\C/C=C\CCCCCCCCCCC(=O)OC(COC(=O)CCCC/C=C\C/C=C\C/C=C\C/C=C\CC)COC(=O)CCCCCCCCCCCCC/C=C\CCCCCCCCCC. The minimum Gasteiger partial charge on any atom is -0.462 e. The van der Waals surface area contributed by atoms with Crippen LogP contribution < -0.4 is 0 Å². The van der Waals surface area contributed by atoms with Gasteiger partial charge in [-0.3, -0.25) is 14.4 Å². The third kappa shape index (κ3) is 62.8. The number of unbranched alkanes of at least 4 members (excludes halogenated alkanes) is 29. The lowest BCUT2D eigenvalue weighted by atomic mass is 10.0. The van der Waals surface area contributed by atoms with Crippen molar-refractivity contribution in [3.8, 4) is 0 Å². The summed E-state index contributed by atoms with van der Waals surface area (Å²) in [4.78, 5) is 38.3. The van der Waals surface area contributed by atoms with Gasteiger partial charge in [0.1, 0.15) is 13.2 Å². The third-order valence-corrected chi connectivity index (χ3v) is 13.7. The number of esters is 3. The Hall–Kier alpha value is -3.93. The first-order chi connectivity index (χ1) is 38.0. The minimum absolute atomic E-state index is 0.0952. The van der Waals surface area contributed by atoms with E-state index in [1.165, 1.54) is 148 Å². The van der Waals surface area contributed by atoms with Crippen LogP contribution in [0.25, 0.3) is 0 Å². The molecule has 0 radical (unpaired) electrons. The zero-order valence-corrected chi connectivity index (χ0v) is 50.4. The Morgan fingerprint density at radius 1 is 0.273 bits per heavy atom. The number of rotatable bonds is 58. The van der Waals surface area contributed by atoms with E-state index in [4.69, 9.17) is 14.2 Å². The van der Waals surface area contributed by atoms with Gasteiger partial charge in [0.2, 0.25) is 0 Å². The van der Waals surface area contributed by atoms with Crippen LogP contribution in [-0.2, 0) is 28.6 Å². The summed E-state index contributed by atoms with van der Waals surface area (Å²) in [5.74, 6) is -0.940. The van der Waals surface area contributed by atoms with Crippen LogP contribution in [0.15, 0.2) is 109 Å². The predicted octanol–water partition coefficient (Wildman–Crippen LogP) is 22.2. The average molecular weight is 1070 g/mol. The monoisotopic (exact) mass is 1070 g/mol. The van der Waals surface area contributed by atoms with Gasteiger partial charge in [-0.1, -0.05) is 271 Å². The van der Waals surface area contributed by atoms with Crippen LogP contribution in [0.1, 0.15) is 303 Å². The minimum atomic E-state index is -0.803. The second-order valence-electron chi connectivity index (χ2n) is 21.3. The first-order valence-corrected chi connectivity index (χ1v) is 32.4. The first-order valence-electron chi connectivity index (χ1n) is 32.4. The Kier molecular flexibility index (Phi) is 61.3. The molecule has 0 spiro atoms. The lowest BCUT2D eigenvalue weighted by molar-refractivity contribution is -0.167. The molecule has 1 atom stereocenters. The second-order valence-corrected chi connectivity index (χ2v) is 21.3. The Morgan fingerprint density at radius 3 is 0.831 bits per heavy atom. The van der Waals surface area contributed by atoms with Gasteiger partial charge >= 0.3 is 17.9 Å². The summed E-state index contributed by atoms with van der Waals surface area (Å²) in [6, 6.07) is 0. The summed E-state index contributed by atoms with van der Waals surface area (Å²) in [5.41, 5.74) is 0. The molecule has 0 saturated heterocycles. The highest BCUT2D eigenvalue weighted by molar-refractivity contribution is 5.71. The van der Waals surface area contributed by atoms with Crippen LogP contribution in [0, 0.1) is 0 Å². The molecular weight excluding hydrogens is 949 g/mol. The summed E-state index contributed by atoms with van der Waals surface area (Å²) in [7, 11) is 0. The molecule has 1 unspecified atom stereocenters. The number of hydrogen-bond donors (Lipinski definition) is 0. The van der Waals surface area contributed by atoms with Crippen molar-refractivity contribution < 1.29 is 28.6 Å². The highest BCUT2D eigenvalue weighted by Gasteiger charge is 2.19. The Bertz CT molecular complexity index is 1560. The fraction of sp³-hybridized carbons (Fsp3) is 0.704. The van der Waals surface area contributed by atoms with Crippen molar-refractivity contribution in [2.45, 2.75) is 309 Å². The summed E-state index contributed by atoms with van der Waals surface area (Å²) < 4.78 is 16.9. The van der Waals surface area contributed by atoms with E-state index >= 15 is 0 Å². The number of allylic oxidation sites excluding steroid dienone is 18. The molecule has 0 amide bonds. The largest absolute Gasteiger partial charge is 0.462 e. The van der Waals surface area contributed by atoms with E-state index in [1.807, 2.05) is 0 Å². The van der Waals surface area contributed by atoms with E-state index in [2.05, 4.69) is 130 Å². The highest BCUT2D eigenvalue weighted by atomic mass is 16.6. The van der Waals surface area contributed by atoms with Crippen molar-refractivity contribution in [2.24, 2.45) is 0 Å². The van der Waals surface area contributed by atoms with E-state index in [-0.39, 0.29) is 31.1 Å². The lowest BCUT2D eigenvalue weighted by Gasteiger charge is -2.18. The van der Waals surface area contributed by atoms with Crippen molar-refractivity contribution in [1.29, 1.82) is 0 Å². The molecule has 0 fully saturated rings. The maximum Gasteiger partial charge on any atom is 0.306 e. The van der Waals surface area contributed by atoms with Crippen LogP contribution in [0.4, 0.5) is 0 Å². The van der Waals surface area contributed by atoms with Gasteiger partial charge in [-0.2, -0.15) is 0 Å². The van der Waals surface area contributed by atoms with E-state index < -0.39 is 6.10 Å². The molecule has 440 valence electrons. The molecule has 77 heavy (non-hydrogen) atoms. The Labute approximate surface area is 476 Å². The predicted molar refractivity (Wildman–Crippen MR) is 334 cm³/mol. The number of carbonyl (C=O) groups is 3. The molecule has 0 aromatic rings. The van der Waals surface area contributed by atoms with E-state index in [0.29, 0.717) is 19.3 Å². The first kappa shape index (κ1) is 73.1. The van der Waals surface area contributed by atoms with Crippen molar-refractivity contribution in [3.05, 3.63) is 109 Å². The lowest BCUT2D eigenvalue weighted by Crippen LogP contribution is -2.30. The van der Waals surface area contributed by atoms with Crippen molar-refractivity contribution in [2.75, 3.05) is 13.2 Å². The average Bonchev–Trinajstić information content (AvgIpc) is 3.43. The molecular formula is C71H120O6. The molecule has 0 aliphatic rings. The maximum absolute atomic E-state index is 12.9. The fourth-order valence-electron chi connectivity index (χ4n) is 8.95. The van der Waals surface area contributed by atoms with Gasteiger partial charge in [-0.25, -0.2) is 0 Å². The standard InChI is InChI=1S/C71H120O6/c1-4-7-10-13-16-19-22-25-28-30-32-34-35-37-38-40-43-46-49-52-55-58-61-64-70(73)76-67-68(66-75-69(72)63-60-57-54-51-48-45-42-27-24-21-18-15-12-9-6-3)77-71(74)65-62-59-56-53-50-47-44-41-39-36-33-31-29-26-23-20-17-14-11-8-5-2/h8-9,11-12,17-18,20-21,26-27,29-30,32-33,36,42,48,51,68H,4-7,10,13-16,19,22-25,28,31,34-35,37-41,43-47,49-50,52-67H2,1-3H3/b11-8-,12-9-,20-17-,21-18-,29-26-,32-30-,36-33-,42-27-,51-48-. The smallest absolute Gasteiger partial charge is 0.306 e. The molecule has 0 rings (SSSR count). The summed E-state index contributed by atoms with van der Waals surface area (Å²) >= 11 is 0. The van der Waals surface area contributed by atoms with E-state index in [0.717, 1.165) is 116 Å². The summed E-state index contributed by atoms with van der Waals surface area (Å²) in [6.07, 6.45) is 88.1. The molecule has 0 heterocycles. The molecule has 0 aliphatic carbocycles. The van der Waals surface area contributed by atoms with Crippen LogP contribution in [0.3, 0.4) is 0 Å². The van der Waals surface area contributed by atoms with Crippen LogP contribution >= 0.6 is 0 Å². The van der Waals surface area contributed by atoms with Gasteiger partial charge in [0.15, 0.2) is 6.10 Å². The number of ether oxygens (including phenoxy) is 3. The van der Waals surface area contributed by atoms with Crippen LogP contribution in [0.2, 0.25) is 0 Å². The van der Waals surface area contributed by atoms with Gasteiger partial charge < -0.3 is 14.2 Å². The zero-order valence-electron chi connectivity index (χ0n) is 50.4. The normalized spacial score (nSPS) is 12.8. The van der Waals surface area contributed by atoms with Crippen molar-refractivity contribution >= 4 is 17.9 Å². The fourth-order valence-corrected chi connectivity index (χ4v) is 8.95. The summed E-state index contributed by atoms with van der Waals surface area (Å²) in [6.45, 7) is 6.39. The van der Waals surface area contributed by atoms with E-state index in [9.17, 15) is 14.4 Å². The second kappa shape index (κ2) is 64.6. The van der Waals surface area contributed by atoms with Crippen molar-refractivity contribution in [1.82, 2.24) is 0 Å². The van der Waals surface area contributed by atoms with Crippen LogP contribution in [-0.4, -0.2) is 37.2 Å². The van der Waals surface area contributed by atoms with E-state index in [1.54, 1.807) is 0 Å². The molecule has 0 aromatic heterocycles. The van der Waals surface area contributed by atoms with Crippen LogP contribution in [0.5, 0.6) is 0 Å². The molecule has 6 nitrogen and oxygen atoms in total. The summed E-state index contributed by atoms with van der Waals surface area (Å²) in [5, 5.41) is 0. The molecule has 6 heteroatoms. The third-order valence-electron chi connectivity index (χ3n) is 13.7. The topological polar surface area (TPSA) is 78.9 Å². The zero-order chi connectivity index (χ0) is 55.7. The number of carbonyl (C=O) groups excluding carboxylic acids is 3. The maximum atomic E-state index is 12.9. The van der Waals surface area contributed by atoms with Gasteiger partial charge in [-0.15, -0.1) is 0 Å². The van der Waals surface area contributed by atoms with Gasteiger partial charge in [0.05, 0.1) is 0 Å². The molecule has 0 N–H and O–H groups in total. The molecule has 0 aliphatic heterocycles. The Morgan fingerprint density at radius 2 is 0.506 bits per heavy atom. The Balaban J connectivity index is 4.40. The highest BCUT2D eigenvalue weighted by Crippen LogP contribution is 2.16. The van der Waals surface area contributed by atoms with Gasteiger partial charge in [0.25, 0.3) is 0 Å².